The van der Waals surface area contributed by atoms with E-state index in [1.54, 1.807) is 12.4 Å². The molecule has 1 unspecified atom stereocenters. The maximum Gasteiger partial charge on any atom is 0.328 e. The molecule has 0 N–H and O–H groups in total. The van der Waals surface area contributed by atoms with Gasteiger partial charge in [-0.3, -0.25) is 0 Å². The van der Waals surface area contributed by atoms with Crippen molar-refractivity contribution >= 4 is 11.9 Å². The Kier molecular flexibility index (Phi) is 2.53. The first-order chi connectivity index (χ1) is 7.22. The van der Waals surface area contributed by atoms with Gasteiger partial charge in [0.2, 0.25) is 5.95 Å². The summed E-state index contributed by atoms with van der Waals surface area (Å²) in [5, 5.41) is 0. The first kappa shape index (κ1) is 9.89. The van der Waals surface area contributed by atoms with Crippen LogP contribution in [0.3, 0.4) is 0 Å². The quantitative estimate of drug-likeness (QED) is 0.662. The lowest BCUT2D eigenvalue weighted by Crippen LogP contribution is -2.53. The first-order valence-electron chi connectivity index (χ1n) is 4.85. The minimum Gasteiger partial charge on any atom is -0.467 e. The molecule has 2 rings (SSSR count). The smallest absolute Gasteiger partial charge is 0.328 e. The highest BCUT2D eigenvalue weighted by Gasteiger charge is 2.36. The molecule has 1 saturated heterocycles. The van der Waals surface area contributed by atoms with Gasteiger partial charge >= 0.3 is 5.97 Å². The monoisotopic (exact) mass is 207 g/mol. The van der Waals surface area contributed by atoms with Gasteiger partial charge in [0.05, 0.1) is 7.11 Å². The minimum absolute atomic E-state index is 0.210. The van der Waals surface area contributed by atoms with Crippen LogP contribution in [-0.2, 0) is 9.53 Å². The van der Waals surface area contributed by atoms with E-state index in [4.69, 9.17) is 4.74 Å². The van der Waals surface area contributed by atoms with Crippen LogP contribution in [0.15, 0.2) is 12.4 Å². The molecule has 0 bridgehead atoms. The lowest BCUT2D eigenvalue weighted by atomic mass is 10.0. The van der Waals surface area contributed by atoms with Crippen LogP contribution in [-0.4, -0.2) is 35.6 Å². The number of esters is 1. The molecular formula is C10H13N3O2. The molecule has 1 aliphatic rings. The fourth-order valence-electron chi connectivity index (χ4n) is 1.54. The van der Waals surface area contributed by atoms with Crippen molar-refractivity contribution < 1.29 is 9.53 Å². The SMILES string of the molecule is COC(=O)C1CCN1c1ncc(C)cn1. The van der Waals surface area contributed by atoms with Crippen LogP contribution in [0.5, 0.6) is 0 Å². The summed E-state index contributed by atoms with van der Waals surface area (Å²) in [6, 6.07) is -0.210. The molecule has 1 aromatic heterocycles. The van der Waals surface area contributed by atoms with E-state index in [1.165, 1.54) is 7.11 Å². The van der Waals surface area contributed by atoms with Gasteiger partial charge in [0.1, 0.15) is 6.04 Å². The zero-order chi connectivity index (χ0) is 10.8. The van der Waals surface area contributed by atoms with Crippen LogP contribution < -0.4 is 4.90 Å². The van der Waals surface area contributed by atoms with Crippen LogP contribution in [0.2, 0.25) is 0 Å². The molecule has 0 aromatic carbocycles. The highest BCUT2D eigenvalue weighted by Crippen LogP contribution is 2.23. The number of carbonyl (C=O) groups excluding carboxylic acids is 1. The molecule has 1 atom stereocenters. The summed E-state index contributed by atoms with van der Waals surface area (Å²) < 4.78 is 4.69. The van der Waals surface area contributed by atoms with E-state index in [9.17, 15) is 4.79 Å². The molecule has 0 aliphatic carbocycles. The summed E-state index contributed by atoms with van der Waals surface area (Å²) in [6.07, 6.45) is 4.30. The molecule has 0 amide bonds. The second kappa shape index (κ2) is 3.84. The number of aryl methyl sites for hydroxylation is 1. The lowest BCUT2D eigenvalue weighted by Gasteiger charge is -2.38. The summed E-state index contributed by atoms with van der Waals surface area (Å²) in [5.41, 5.74) is 1.01. The Bertz CT molecular complexity index is 363. The topological polar surface area (TPSA) is 55.3 Å². The first-order valence-corrected chi connectivity index (χ1v) is 4.85. The Balaban J connectivity index is 2.12. The molecule has 1 aromatic rings. The average molecular weight is 207 g/mol. The molecular weight excluding hydrogens is 194 g/mol. The van der Waals surface area contributed by atoms with Gasteiger partial charge in [0, 0.05) is 18.9 Å². The summed E-state index contributed by atoms with van der Waals surface area (Å²) in [6.45, 7) is 2.74. The van der Waals surface area contributed by atoms with E-state index >= 15 is 0 Å². The van der Waals surface area contributed by atoms with Gasteiger partial charge in [-0.05, 0) is 18.9 Å². The molecule has 15 heavy (non-hydrogen) atoms. The fourth-order valence-corrected chi connectivity index (χ4v) is 1.54. The largest absolute Gasteiger partial charge is 0.467 e. The van der Waals surface area contributed by atoms with Crippen LogP contribution in [0, 0.1) is 6.92 Å². The van der Waals surface area contributed by atoms with Crippen molar-refractivity contribution in [2.24, 2.45) is 0 Å². The van der Waals surface area contributed by atoms with Crippen LogP contribution >= 0.6 is 0 Å². The van der Waals surface area contributed by atoms with Gasteiger partial charge in [-0.1, -0.05) is 0 Å². The third-order valence-electron chi connectivity index (χ3n) is 2.52. The molecule has 1 aliphatic heterocycles. The number of hydrogen-bond donors (Lipinski definition) is 0. The van der Waals surface area contributed by atoms with Gasteiger partial charge < -0.3 is 9.64 Å². The normalized spacial score (nSPS) is 19.6. The Morgan fingerprint density at radius 2 is 2.20 bits per heavy atom. The highest BCUT2D eigenvalue weighted by atomic mass is 16.5. The Hall–Kier alpha value is -1.65. The molecule has 80 valence electrons. The maximum atomic E-state index is 11.3. The molecule has 5 heteroatoms. The van der Waals surface area contributed by atoms with E-state index in [-0.39, 0.29) is 12.0 Å². The Morgan fingerprint density at radius 3 is 2.67 bits per heavy atom. The standard InChI is InChI=1S/C10H13N3O2/c1-7-5-11-10(12-6-7)13-4-3-8(13)9(14)15-2/h5-6,8H,3-4H2,1-2H3. The number of ether oxygens (including phenoxy) is 1. The molecule has 0 spiro atoms. The third kappa shape index (κ3) is 1.77. The van der Waals surface area contributed by atoms with Gasteiger partial charge in [-0.2, -0.15) is 0 Å². The number of hydrogen-bond acceptors (Lipinski definition) is 5. The number of anilines is 1. The second-order valence-electron chi connectivity index (χ2n) is 3.58. The minimum atomic E-state index is -0.217. The number of methoxy groups -OCH3 is 1. The zero-order valence-electron chi connectivity index (χ0n) is 8.80. The van der Waals surface area contributed by atoms with Gasteiger partial charge in [0.15, 0.2) is 0 Å². The van der Waals surface area contributed by atoms with E-state index < -0.39 is 0 Å². The summed E-state index contributed by atoms with van der Waals surface area (Å²) >= 11 is 0. The van der Waals surface area contributed by atoms with Crippen molar-refractivity contribution in [3.05, 3.63) is 18.0 Å². The third-order valence-corrected chi connectivity index (χ3v) is 2.52. The van der Waals surface area contributed by atoms with Crippen molar-refractivity contribution in [2.75, 3.05) is 18.6 Å². The number of carbonyl (C=O) groups is 1. The van der Waals surface area contributed by atoms with Gasteiger partial charge in [-0.25, -0.2) is 14.8 Å². The number of nitrogens with zero attached hydrogens (tertiary/aromatic N) is 3. The fraction of sp³-hybridized carbons (Fsp3) is 0.500. The highest BCUT2D eigenvalue weighted by molar-refractivity contribution is 5.81. The molecule has 0 radical (unpaired) electrons. The van der Waals surface area contributed by atoms with E-state index in [0.29, 0.717) is 5.95 Å². The number of rotatable bonds is 2. The Labute approximate surface area is 88.1 Å². The Morgan fingerprint density at radius 1 is 1.53 bits per heavy atom. The molecule has 1 fully saturated rings. The summed E-state index contributed by atoms with van der Waals surface area (Å²) in [7, 11) is 1.40. The molecule has 5 nitrogen and oxygen atoms in total. The predicted molar refractivity (Wildman–Crippen MR) is 54.5 cm³/mol. The van der Waals surface area contributed by atoms with Gasteiger partial charge in [-0.15, -0.1) is 0 Å². The molecule has 2 heterocycles. The molecule has 0 saturated carbocycles. The maximum absolute atomic E-state index is 11.3. The zero-order valence-corrected chi connectivity index (χ0v) is 8.80. The average Bonchev–Trinajstić information content (AvgIpc) is 2.19. The second-order valence-corrected chi connectivity index (χ2v) is 3.58. The van der Waals surface area contributed by atoms with Gasteiger partial charge in [0.25, 0.3) is 0 Å². The summed E-state index contributed by atoms with van der Waals surface area (Å²) in [4.78, 5) is 21.5. The van der Waals surface area contributed by atoms with E-state index in [0.717, 1.165) is 18.5 Å². The van der Waals surface area contributed by atoms with E-state index in [2.05, 4.69) is 9.97 Å². The van der Waals surface area contributed by atoms with Crippen LogP contribution in [0.4, 0.5) is 5.95 Å². The van der Waals surface area contributed by atoms with Crippen molar-refractivity contribution in [3.8, 4) is 0 Å². The predicted octanol–water partition coefficient (Wildman–Crippen LogP) is 0.537. The van der Waals surface area contributed by atoms with Crippen molar-refractivity contribution in [2.45, 2.75) is 19.4 Å². The van der Waals surface area contributed by atoms with Crippen LogP contribution in [0.25, 0.3) is 0 Å². The lowest BCUT2D eigenvalue weighted by molar-refractivity contribution is -0.143. The van der Waals surface area contributed by atoms with Crippen molar-refractivity contribution in [3.63, 3.8) is 0 Å². The summed E-state index contributed by atoms with van der Waals surface area (Å²) in [5.74, 6) is 0.382. The van der Waals surface area contributed by atoms with Crippen LogP contribution in [0.1, 0.15) is 12.0 Å². The van der Waals surface area contributed by atoms with E-state index in [1.807, 2.05) is 11.8 Å². The van der Waals surface area contributed by atoms with Crippen molar-refractivity contribution in [1.29, 1.82) is 0 Å². The number of aromatic nitrogens is 2. The van der Waals surface area contributed by atoms with Crippen molar-refractivity contribution in [1.82, 2.24) is 9.97 Å².